The molecule has 0 N–H and O–H groups in total. The normalized spacial score (nSPS) is 18.5. The maximum absolute atomic E-state index is 7.66. The molecular weight excluding hydrogens is 230 g/mol. The van der Waals surface area contributed by atoms with E-state index in [-0.39, 0.29) is 16.7 Å². The second-order valence-corrected chi connectivity index (χ2v) is 5.97. The van der Waals surface area contributed by atoms with E-state index in [2.05, 4.69) is 25.3 Å². The Morgan fingerprint density at radius 2 is 1.32 bits per heavy atom. The van der Waals surface area contributed by atoms with Crippen LogP contribution < -0.4 is 0 Å². The third kappa shape index (κ3) is 1.85. The highest BCUT2D eigenvalue weighted by atomic mass is 15.0. The monoisotopic (exact) mass is 257 g/mol. The highest BCUT2D eigenvalue weighted by Gasteiger charge is 2.20. The minimum atomic E-state index is -2.20. The molecule has 0 bridgehead atoms. The maximum Gasteiger partial charge on any atom is 0.0496 e. The Hall–Kier alpha value is -1.76. The topological polar surface area (TPSA) is 4.93 Å². The average molecular weight is 257 g/mol. The molecule has 1 nitrogen and oxygen atoms in total. The third-order valence-electron chi connectivity index (χ3n) is 3.44. The van der Waals surface area contributed by atoms with Crippen LogP contribution in [0.5, 0.6) is 0 Å². The SMILES string of the molecule is [2H]C([2H])([2H])c1ccc2c(c1)c1cc(C([2H])([2H])[2H])ccc1n2C(C)(C)C. The van der Waals surface area contributed by atoms with E-state index in [1.807, 2.05) is 12.1 Å². The molecule has 0 aliphatic carbocycles. The molecule has 98 valence electrons. The van der Waals surface area contributed by atoms with Crippen molar-refractivity contribution in [3.8, 4) is 0 Å². The predicted molar refractivity (Wildman–Crippen MR) is 83.9 cm³/mol. The van der Waals surface area contributed by atoms with Gasteiger partial charge < -0.3 is 4.57 Å². The summed E-state index contributed by atoms with van der Waals surface area (Å²) in [5.41, 5.74) is 2.08. The van der Waals surface area contributed by atoms with Gasteiger partial charge in [0.15, 0.2) is 0 Å². The van der Waals surface area contributed by atoms with Crippen molar-refractivity contribution in [1.82, 2.24) is 4.57 Å². The van der Waals surface area contributed by atoms with E-state index < -0.39 is 13.7 Å². The molecule has 1 heterocycles. The first-order chi connectivity index (χ1) is 11.3. The van der Waals surface area contributed by atoms with Crippen LogP contribution in [0.2, 0.25) is 0 Å². The van der Waals surface area contributed by atoms with Gasteiger partial charge in [-0.3, -0.25) is 0 Å². The van der Waals surface area contributed by atoms with Gasteiger partial charge in [0, 0.05) is 35.6 Å². The Bertz CT molecular complexity index is 883. The van der Waals surface area contributed by atoms with Crippen molar-refractivity contribution in [3.05, 3.63) is 47.5 Å². The van der Waals surface area contributed by atoms with E-state index in [1.165, 1.54) is 0 Å². The van der Waals surface area contributed by atoms with Gasteiger partial charge in [-0.1, -0.05) is 23.3 Å². The van der Waals surface area contributed by atoms with Crippen LogP contribution in [-0.2, 0) is 5.54 Å². The standard InChI is InChI=1S/C18H21N/c1-12-6-8-16-14(10-12)15-11-13(2)7-9-17(15)19(16)18(3,4)5/h6-11H,1-5H3/i1D3,2D3. The van der Waals surface area contributed by atoms with E-state index in [0.717, 1.165) is 21.8 Å². The van der Waals surface area contributed by atoms with E-state index in [9.17, 15) is 0 Å². The highest BCUT2D eigenvalue weighted by molar-refractivity contribution is 6.08. The van der Waals surface area contributed by atoms with Crippen LogP contribution in [0, 0.1) is 13.7 Å². The summed E-state index contributed by atoms with van der Waals surface area (Å²) in [6.45, 7) is 1.81. The first-order valence-corrected chi connectivity index (χ1v) is 6.40. The van der Waals surface area contributed by atoms with Crippen molar-refractivity contribution in [2.75, 3.05) is 0 Å². The molecule has 0 atom stereocenters. The number of rotatable bonds is 0. The molecule has 0 aliphatic heterocycles. The van der Waals surface area contributed by atoms with Gasteiger partial charge in [-0.15, -0.1) is 0 Å². The molecule has 0 aliphatic rings. The van der Waals surface area contributed by atoms with E-state index in [4.69, 9.17) is 8.22 Å². The molecule has 0 radical (unpaired) electrons. The van der Waals surface area contributed by atoms with Gasteiger partial charge in [-0.2, -0.15) is 0 Å². The fraction of sp³-hybridized carbons (Fsp3) is 0.333. The first kappa shape index (κ1) is 7.14. The molecule has 0 fully saturated rings. The molecule has 3 aromatic rings. The zero-order valence-electron chi connectivity index (χ0n) is 17.4. The molecule has 19 heavy (non-hydrogen) atoms. The van der Waals surface area contributed by atoms with Gasteiger partial charge in [-0.05, 0) is 58.7 Å². The summed E-state index contributed by atoms with van der Waals surface area (Å²) in [6, 6.07) is 10.2. The van der Waals surface area contributed by atoms with E-state index >= 15 is 0 Å². The Balaban J connectivity index is 2.47. The Labute approximate surface area is 123 Å². The maximum atomic E-state index is 7.66. The fourth-order valence-corrected chi connectivity index (χ4v) is 2.75. The van der Waals surface area contributed by atoms with Crippen LogP contribution in [0.15, 0.2) is 36.4 Å². The lowest BCUT2D eigenvalue weighted by Crippen LogP contribution is -2.21. The van der Waals surface area contributed by atoms with Crippen molar-refractivity contribution in [2.45, 2.75) is 40.0 Å². The average Bonchev–Trinajstić information content (AvgIpc) is 2.77. The third-order valence-corrected chi connectivity index (χ3v) is 3.44. The quantitative estimate of drug-likeness (QED) is 0.524. The Morgan fingerprint density at radius 1 is 0.842 bits per heavy atom. The predicted octanol–water partition coefficient (Wildman–Crippen LogP) is 5.17. The smallest absolute Gasteiger partial charge is 0.0496 e. The highest BCUT2D eigenvalue weighted by Crippen LogP contribution is 2.34. The number of aryl methyl sites for hydroxylation is 2. The second-order valence-electron chi connectivity index (χ2n) is 5.97. The lowest BCUT2D eigenvalue weighted by molar-refractivity contribution is 0.423. The van der Waals surface area contributed by atoms with E-state index in [1.54, 1.807) is 24.3 Å². The summed E-state index contributed by atoms with van der Waals surface area (Å²) in [7, 11) is 0. The number of aromatic nitrogens is 1. The molecule has 1 heteroatoms. The molecule has 0 saturated heterocycles. The summed E-state index contributed by atoms with van der Waals surface area (Å²) in [6.07, 6.45) is 0. The molecule has 3 rings (SSSR count). The molecule has 0 amide bonds. The number of benzene rings is 2. The van der Waals surface area contributed by atoms with Crippen molar-refractivity contribution >= 4 is 21.8 Å². The lowest BCUT2D eigenvalue weighted by atomic mass is 10.1. The minimum absolute atomic E-state index is 0.233. The molecular formula is C18H21N. The van der Waals surface area contributed by atoms with Gasteiger partial charge in [0.25, 0.3) is 0 Å². The number of nitrogens with zero attached hydrogens (tertiary/aromatic N) is 1. The van der Waals surface area contributed by atoms with Gasteiger partial charge in [0.05, 0.1) is 0 Å². The molecule has 0 saturated carbocycles. The van der Waals surface area contributed by atoms with Gasteiger partial charge in [0.2, 0.25) is 0 Å². The van der Waals surface area contributed by atoms with Crippen LogP contribution in [-0.4, -0.2) is 4.57 Å². The summed E-state index contributed by atoms with van der Waals surface area (Å²) in [5, 5.41) is 1.54. The van der Waals surface area contributed by atoms with Gasteiger partial charge in [0.1, 0.15) is 0 Å². The Kier molecular flexibility index (Phi) is 1.45. The van der Waals surface area contributed by atoms with Gasteiger partial charge >= 0.3 is 0 Å². The van der Waals surface area contributed by atoms with Crippen LogP contribution >= 0.6 is 0 Å². The lowest BCUT2D eigenvalue weighted by Gasteiger charge is -2.24. The van der Waals surface area contributed by atoms with E-state index in [0.29, 0.717) is 0 Å². The zero-order valence-corrected chi connectivity index (χ0v) is 11.4. The van der Waals surface area contributed by atoms with Gasteiger partial charge in [-0.25, -0.2) is 0 Å². The summed E-state index contributed by atoms with van der Waals surface area (Å²) < 4.78 is 48.1. The number of hydrogen-bond donors (Lipinski definition) is 0. The van der Waals surface area contributed by atoms with Crippen molar-refractivity contribution in [1.29, 1.82) is 0 Å². The summed E-state index contributed by atoms with van der Waals surface area (Å²) in [4.78, 5) is 0. The summed E-state index contributed by atoms with van der Waals surface area (Å²) in [5.74, 6) is 0. The molecule has 1 aromatic heterocycles. The van der Waals surface area contributed by atoms with Crippen LogP contribution in [0.4, 0.5) is 0 Å². The molecule has 0 spiro atoms. The second kappa shape index (κ2) is 3.86. The molecule has 0 unspecified atom stereocenters. The van der Waals surface area contributed by atoms with Crippen molar-refractivity contribution in [2.24, 2.45) is 0 Å². The zero-order chi connectivity index (χ0) is 18.8. The Morgan fingerprint density at radius 3 is 1.68 bits per heavy atom. The largest absolute Gasteiger partial charge is 0.335 e. The number of fused-ring (bicyclic) bond motifs is 3. The van der Waals surface area contributed by atoms with Crippen LogP contribution in [0.3, 0.4) is 0 Å². The summed E-state index contributed by atoms with van der Waals surface area (Å²) >= 11 is 0. The van der Waals surface area contributed by atoms with Crippen molar-refractivity contribution < 1.29 is 8.22 Å². The van der Waals surface area contributed by atoms with Crippen molar-refractivity contribution in [3.63, 3.8) is 0 Å². The number of hydrogen-bond acceptors (Lipinski definition) is 0. The fourth-order valence-electron chi connectivity index (χ4n) is 2.75. The van der Waals surface area contributed by atoms with Crippen LogP contribution in [0.1, 0.15) is 40.1 Å². The minimum Gasteiger partial charge on any atom is -0.335 e. The first-order valence-electron chi connectivity index (χ1n) is 9.40. The molecule has 2 aromatic carbocycles. The van der Waals surface area contributed by atoms with Crippen LogP contribution in [0.25, 0.3) is 21.8 Å².